The average molecular weight is 279 g/mol. The third kappa shape index (κ3) is 3.16. The number of rotatable bonds is 2. The molecule has 0 radical (unpaired) electrons. The molecule has 21 heavy (non-hydrogen) atoms. The van der Waals surface area contributed by atoms with E-state index >= 15 is 0 Å². The molecule has 3 rings (SSSR count). The summed E-state index contributed by atoms with van der Waals surface area (Å²) in [5, 5.41) is 4.35. The molecule has 0 spiro atoms. The van der Waals surface area contributed by atoms with Crippen molar-refractivity contribution in [2.75, 3.05) is 0 Å². The zero-order chi connectivity index (χ0) is 14.5. The molecule has 1 amide bonds. The van der Waals surface area contributed by atoms with Gasteiger partial charge in [-0.25, -0.2) is 5.43 Å². The molecule has 0 bridgehead atoms. The van der Waals surface area contributed by atoms with Crippen LogP contribution in [0.3, 0.4) is 0 Å². The van der Waals surface area contributed by atoms with Crippen molar-refractivity contribution in [3.63, 3.8) is 0 Å². The zero-order valence-electron chi connectivity index (χ0n) is 11.7. The van der Waals surface area contributed by atoms with Gasteiger partial charge in [0.1, 0.15) is 0 Å². The van der Waals surface area contributed by atoms with E-state index in [0.717, 1.165) is 37.0 Å². The summed E-state index contributed by atoms with van der Waals surface area (Å²) in [6.45, 7) is 0. The van der Waals surface area contributed by atoms with E-state index in [9.17, 15) is 4.79 Å². The Morgan fingerprint density at radius 1 is 1.10 bits per heavy atom. The molecule has 106 valence electrons. The largest absolute Gasteiger partial charge is 0.272 e. The van der Waals surface area contributed by atoms with Crippen LogP contribution in [-0.4, -0.2) is 16.6 Å². The third-order valence-corrected chi connectivity index (χ3v) is 3.65. The number of benzene rings is 1. The number of carbonyl (C=O) groups excluding carboxylic acids is 1. The Hall–Kier alpha value is -2.49. The Labute approximate surface area is 123 Å². The summed E-state index contributed by atoms with van der Waals surface area (Å²) in [4.78, 5) is 16.0. The second-order valence-corrected chi connectivity index (χ2v) is 5.11. The van der Waals surface area contributed by atoms with Crippen LogP contribution in [0.1, 0.15) is 40.7 Å². The van der Waals surface area contributed by atoms with E-state index in [-0.39, 0.29) is 5.91 Å². The molecule has 1 heterocycles. The van der Waals surface area contributed by atoms with Crippen LogP contribution in [0.2, 0.25) is 0 Å². The van der Waals surface area contributed by atoms with Crippen LogP contribution >= 0.6 is 0 Å². The molecular formula is C17H17N3O. The number of fused-ring (bicyclic) bond motifs is 1. The fraction of sp³-hybridized carbons (Fsp3) is 0.235. The highest BCUT2D eigenvalue weighted by Crippen LogP contribution is 2.20. The maximum Gasteiger partial charge on any atom is 0.272 e. The topological polar surface area (TPSA) is 54.4 Å². The molecule has 2 aromatic rings. The van der Waals surface area contributed by atoms with Gasteiger partial charge in [0.25, 0.3) is 5.91 Å². The van der Waals surface area contributed by atoms with E-state index < -0.39 is 0 Å². The van der Waals surface area contributed by atoms with Gasteiger partial charge < -0.3 is 0 Å². The number of amides is 1. The quantitative estimate of drug-likeness (QED) is 0.678. The van der Waals surface area contributed by atoms with Gasteiger partial charge in [-0.3, -0.25) is 9.78 Å². The van der Waals surface area contributed by atoms with Crippen molar-refractivity contribution >= 4 is 11.6 Å². The number of nitrogens with one attached hydrogen (secondary N) is 1. The van der Waals surface area contributed by atoms with E-state index in [4.69, 9.17) is 0 Å². The van der Waals surface area contributed by atoms with E-state index in [1.165, 1.54) is 11.8 Å². The van der Waals surface area contributed by atoms with Crippen molar-refractivity contribution < 1.29 is 4.79 Å². The number of aryl methyl sites for hydroxylation is 1. The normalized spacial score (nSPS) is 16.1. The van der Waals surface area contributed by atoms with Crippen LogP contribution in [0.4, 0.5) is 0 Å². The van der Waals surface area contributed by atoms with Crippen LogP contribution in [0.5, 0.6) is 0 Å². The number of aromatic nitrogens is 1. The van der Waals surface area contributed by atoms with Crippen molar-refractivity contribution in [2.24, 2.45) is 5.10 Å². The van der Waals surface area contributed by atoms with Crippen LogP contribution < -0.4 is 5.43 Å². The molecule has 1 aliphatic carbocycles. The molecule has 1 aliphatic rings. The van der Waals surface area contributed by atoms with Crippen molar-refractivity contribution in [1.82, 2.24) is 10.4 Å². The molecule has 1 aromatic carbocycles. The minimum Gasteiger partial charge on any atom is -0.267 e. The highest BCUT2D eigenvalue weighted by molar-refractivity contribution is 6.03. The van der Waals surface area contributed by atoms with E-state index in [0.29, 0.717) is 5.56 Å². The maximum absolute atomic E-state index is 12.0. The number of nitrogens with zero attached hydrogens (tertiary/aromatic N) is 2. The molecule has 1 aromatic heterocycles. The third-order valence-electron chi connectivity index (χ3n) is 3.65. The van der Waals surface area contributed by atoms with Gasteiger partial charge >= 0.3 is 0 Å². The van der Waals surface area contributed by atoms with Crippen molar-refractivity contribution in [3.05, 3.63) is 65.5 Å². The maximum atomic E-state index is 12.0. The molecule has 4 heteroatoms. The first-order chi connectivity index (χ1) is 10.3. The Balaban J connectivity index is 1.82. The minimum atomic E-state index is -0.225. The molecule has 0 saturated carbocycles. The van der Waals surface area contributed by atoms with Gasteiger partial charge in [-0.1, -0.05) is 24.3 Å². The highest BCUT2D eigenvalue weighted by Gasteiger charge is 2.14. The van der Waals surface area contributed by atoms with Crippen molar-refractivity contribution in [3.8, 4) is 0 Å². The fourth-order valence-corrected chi connectivity index (χ4v) is 2.56. The lowest BCUT2D eigenvalue weighted by Gasteiger charge is -2.08. The summed E-state index contributed by atoms with van der Waals surface area (Å²) in [5.74, 6) is -0.225. The summed E-state index contributed by atoms with van der Waals surface area (Å²) in [6.07, 6.45) is 7.40. The summed E-state index contributed by atoms with van der Waals surface area (Å²) >= 11 is 0. The number of hydrazone groups is 1. The predicted molar refractivity (Wildman–Crippen MR) is 82.2 cm³/mol. The van der Waals surface area contributed by atoms with Gasteiger partial charge in [-0.05, 0) is 43.4 Å². The first-order valence-corrected chi connectivity index (χ1v) is 7.20. The van der Waals surface area contributed by atoms with E-state index in [1.807, 2.05) is 6.07 Å². The van der Waals surface area contributed by atoms with Gasteiger partial charge in [0.05, 0.1) is 11.3 Å². The first kappa shape index (κ1) is 13.5. The SMILES string of the molecule is O=C(N/N=C1/CCCCc2ccccc21)c1cccnc1. The van der Waals surface area contributed by atoms with Gasteiger partial charge in [-0.15, -0.1) is 0 Å². The molecule has 0 unspecified atom stereocenters. The van der Waals surface area contributed by atoms with E-state index in [1.54, 1.807) is 18.3 Å². The molecule has 1 N–H and O–H groups in total. The molecule has 0 aliphatic heterocycles. The first-order valence-electron chi connectivity index (χ1n) is 7.20. The molecule has 0 saturated heterocycles. The molecule has 0 atom stereocenters. The lowest BCUT2D eigenvalue weighted by molar-refractivity contribution is 0.0954. The van der Waals surface area contributed by atoms with Crippen LogP contribution in [0, 0.1) is 0 Å². The number of hydrogen-bond donors (Lipinski definition) is 1. The average Bonchev–Trinajstić information content (AvgIpc) is 2.76. The fourth-order valence-electron chi connectivity index (χ4n) is 2.56. The van der Waals surface area contributed by atoms with Gasteiger partial charge in [0.2, 0.25) is 0 Å². The summed E-state index contributed by atoms with van der Waals surface area (Å²) in [6, 6.07) is 11.7. The summed E-state index contributed by atoms with van der Waals surface area (Å²) < 4.78 is 0. The van der Waals surface area contributed by atoms with Gasteiger partial charge in [0.15, 0.2) is 0 Å². The Morgan fingerprint density at radius 3 is 2.81 bits per heavy atom. The van der Waals surface area contributed by atoms with Gasteiger partial charge in [0, 0.05) is 18.0 Å². The predicted octanol–water partition coefficient (Wildman–Crippen LogP) is 2.94. The number of hydrogen-bond acceptors (Lipinski definition) is 3. The highest BCUT2D eigenvalue weighted by atomic mass is 16.2. The minimum absolute atomic E-state index is 0.225. The Morgan fingerprint density at radius 2 is 1.95 bits per heavy atom. The number of carbonyl (C=O) groups is 1. The monoisotopic (exact) mass is 279 g/mol. The second-order valence-electron chi connectivity index (χ2n) is 5.11. The second kappa shape index (κ2) is 6.31. The lowest BCUT2D eigenvalue weighted by Crippen LogP contribution is -2.20. The Kier molecular flexibility index (Phi) is 4.05. The van der Waals surface area contributed by atoms with E-state index in [2.05, 4.69) is 33.7 Å². The molecule has 0 fully saturated rings. The molecular weight excluding hydrogens is 262 g/mol. The smallest absolute Gasteiger partial charge is 0.267 e. The van der Waals surface area contributed by atoms with Crippen molar-refractivity contribution in [1.29, 1.82) is 0 Å². The zero-order valence-corrected chi connectivity index (χ0v) is 11.7. The Bertz CT molecular complexity index is 665. The summed E-state index contributed by atoms with van der Waals surface area (Å²) in [7, 11) is 0. The van der Waals surface area contributed by atoms with Crippen LogP contribution in [0.15, 0.2) is 53.9 Å². The summed E-state index contributed by atoms with van der Waals surface area (Å²) in [5.41, 5.74) is 6.59. The van der Waals surface area contributed by atoms with Crippen LogP contribution in [-0.2, 0) is 6.42 Å². The number of pyridine rings is 1. The van der Waals surface area contributed by atoms with Gasteiger partial charge in [-0.2, -0.15) is 5.10 Å². The van der Waals surface area contributed by atoms with Crippen molar-refractivity contribution in [2.45, 2.75) is 25.7 Å². The van der Waals surface area contributed by atoms with Crippen LogP contribution in [0.25, 0.3) is 0 Å². The lowest BCUT2D eigenvalue weighted by atomic mass is 10.0. The molecule has 4 nitrogen and oxygen atoms in total. The standard InChI is InChI=1S/C17H17N3O/c21-17(14-8-5-11-18-12-14)20-19-16-10-4-2-7-13-6-1-3-9-15(13)16/h1,3,5-6,8-9,11-12H,2,4,7,10H2,(H,20,21)/b19-16-.